The maximum Gasteiger partial charge on any atom is 0.264 e. The fraction of sp³-hybridized carbons (Fsp3) is 0.160. The van der Waals surface area contributed by atoms with Crippen molar-refractivity contribution in [1.82, 2.24) is 0 Å². The summed E-state index contributed by atoms with van der Waals surface area (Å²) in [6.45, 7) is 2.95. The number of hydrogen-bond donors (Lipinski definition) is 1. The summed E-state index contributed by atoms with van der Waals surface area (Å²) in [7, 11) is -3.65. The second kappa shape index (κ2) is 9.28. The molecule has 32 heavy (non-hydrogen) atoms. The van der Waals surface area contributed by atoms with Crippen molar-refractivity contribution in [1.29, 1.82) is 0 Å². The molecule has 1 aliphatic rings. The standard InChI is InChI=1S/C25H24N2O4S/c1-2-31-22-12-7-19(8-13-22)9-16-25(28)26-21-10-14-23(15-11-21)32(29,30)27-18-17-20-5-3-4-6-24(20)27/h3-16H,2,17-18H2,1H3,(H,26,28)/b16-9+. The summed E-state index contributed by atoms with van der Waals surface area (Å²) in [5.41, 5.74) is 3.15. The highest BCUT2D eigenvalue weighted by molar-refractivity contribution is 7.92. The highest BCUT2D eigenvalue weighted by Gasteiger charge is 2.30. The maximum absolute atomic E-state index is 13.1. The van der Waals surface area contributed by atoms with Gasteiger partial charge in [0.1, 0.15) is 5.75 Å². The molecule has 0 atom stereocenters. The van der Waals surface area contributed by atoms with Crippen molar-refractivity contribution in [2.45, 2.75) is 18.2 Å². The molecule has 6 nitrogen and oxygen atoms in total. The van der Waals surface area contributed by atoms with Crippen LogP contribution >= 0.6 is 0 Å². The fourth-order valence-electron chi connectivity index (χ4n) is 3.59. The second-order valence-corrected chi connectivity index (χ2v) is 9.17. The average molecular weight is 449 g/mol. The smallest absolute Gasteiger partial charge is 0.264 e. The lowest BCUT2D eigenvalue weighted by Crippen LogP contribution is -2.29. The first-order valence-electron chi connectivity index (χ1n) is 10.4. The monoisotopic (exact) mass is 448 g/mol. The number of carbonyl (C=O) groups excluding carboxylic acids is 1. The summed E-state index contributed by atoms with van der Waals surface area (Å²) < 4.78 is 33.0. The Balaban J connectivity index is 1.41. The first-order chi connectivity index (χ1) is 15.5. The molecule has 1 N–H and O–H groups in total. The third-order valence-corrected chi connectivity index (χ3v) is 7.00. The molecule has 1 heterocycles. The molecule has 1 aliphatic heterocycles. The molecule has 0 saturated carbocycles. The van der Waals surface area contributed by atoms with E-state index in [1.54, 1.807) is 18.2 Å². The number of benzene rings is 3. The topological polar surface area (TPSA) is 75.7 Å². The molecule has 0 spiro atoms. The van der Waals surface area contributed by atoms with E-state index in [1.807, 2.05) is 55.5 Å². The van der Waals surface area contributed by atoms with Gasteiger partial charge in [0, 0.05) is 18.3 Å². The Morgan fingerprint density at radius 3 is 2.47 bits per heavy atom. The van der Waals surface area contributed by atoms with Crippen LogP contribution in [-0.4, -0.2) is 27.5 Å². The molecular weight excluding hydrogens is 424 g/mol. The van der Waals surface area contributed by atoms with Crippen LogP contribution in [0.5, 0.6) is 5.75 Å². The minimum Gasteiger partial charge on any atom is -0.494 e. The van der Waals surface area contributed by atoms with Gasteiger partial charge in [0.05, 0.1) is 17.2 Å². The third kappa shape index (κ3) is 4.68. The van der Waals surface area contributed by atoms with E-state index in [9.17, 15) is 13.2 Å². The lowest BCUT2D eigenvalue weighted by molar-refractivity contribution is -0.111. The van der Waals surface area contributed by atoms with Gasteiger partial charge in [-0.3, -0.25) is 9.10 Å². The number of para-hydroxylation sites is 1. The van der Waals surface area contributed by atoms with E-state index < -0.39 is 10.0 Å². The van der Waals surface area contributed by atoms with Gasteiger partial charge < -0.3 is 10.1 Å². The van der Waals surface area contributed by atoms with Gasteiger partial charge in [-0.2, -0.15) is 0 Å². The number of ether oxygens (including phenoxy) is 1. The Morgan fingerprint density at radius 1 is 1.03 bits per heavy atom. The minimum atomic E-state index is -3.65. The van der Waals surface area contributed by atoms with Crippen LogP contribution in [0, 0.1) is 0 Å². The summed E-state index contributed by atoms with van der Waals surface area (Å²) in [6.07, 6.45) is 3.83. The van der Waals surface area contributed by atoms with Crippen LogP contribution in [0.15, 0.2) is 83.8 Å². The molecule has 7 heteroatoms. The van der Waals surface area contributed by atoms with Gasteiger partial charge in [0.2, 0.25) is 5.91 Å². The number of rotatable bonds is 7. The summed E-state index contributed by atoms with van der Waals surface area (Å²) in [6, 6.07) is 21.2. The van der Waals surface area contributed by atoms with Gasteiger partial charge in [0.25, 0.3) is 10.0 Å². The van der Waals surface area contributed by atoms with E-state index in [1.165, 1.54) is 22.5 Å². The third-order valence-electron chi connectivity index (χ3n) is 5.17. The van der Waals surface area contributed by atoms with E-state index in [0.29, 0.717) is 25.3 Å². The highest BCUT2D eigenvalue weighted by atomic mass is 32.2. The van der Waals surface area contributed by atoms with Gasteiger partial charge >= 0.3 is 0 Å². The lowest BCUT2D eigenvalue weighted by Gasteiger charge is -2.19. The molecule has 3 aromatic rings. The molecule has 0 radical (unpaired) electrons. The van der Waals surface area contributed by atoms with E-state index in [4.69, 9.17) is 4.74 Å². The Kier molecular flexibility index (Phi) is 6.28. The average Bonchev–Trinajstić information content (AvgIpc) is 3.24. The SMILES string of the molecule is CCOc1ccc(/C=C/C(=O)Nc2ccc(S(=O)(=O)N3CCc4ccccc43)cc2)cc1. The number of nitrogens with zero attached hydrogens (tertiary/aromatic N) is 1. The predicted octanol–water partition coefficient (Wildman–Crippen LogP) is 4.49. The van der Waals surface area contributed by atoms with Crippen molar-refractivity contribution < 1.29 is 17.9 Å². The summed E-state index contributed by atoms with van der Waals surface area (Å²) in [5, 5.41) is 2.75. The normalized spacial score (nSPS) is 13.2. The first-order valence-corrected chi connectivity index (χ1v) is 11.8. The van der Waals surface area contributed by atoms with E-state index in [2.05, 4.69) is 5.32 Å². The molecule has 1 amide bonds. The maximum atomic E-state index is 13.1. The van der Waals surface area contributed by atoms with Crippen LogP contribution in [0.25, 0.3) is 6.08 Å². The van der Waals surface area contributed by atoms with Crippen molar-refractivity contribution in [3.8, 4) is 5.75 Å². The zero-order valence-corrected chi connectivity index (χ0v) is 18.5. The van der Waals surface area contributed by atoms with Crippen molar-refractivity contribution >= 4 is 33.4 Å². The van der Waals surface area contributed by atoms with Gasteiger partial charge in [0.15, 0.2) is 0 Å². The first kappa shape index (κ1) is 21.6. The van der Waals surface area contributed by atoms with Crippen molar-refractivity contribution in [3.63, 3.8) is 0 Å². The molecule has 4 rings (SSSR count). The Labute approximate surface area is 188 Å². The number of anilines is 2. The quantitative estimate of drug-likeness (QED) is 0.541. The largest absolute Gasteiger partial charge is 0.494 e. The number of carbonyl (C=O) groups is 1. The number of fused-ring (bicyclic) bond motifs is 1. The Bertz CT molecular complexity index is 1230. The zero-order valence-electron chi connectivity index (χ0n) is 17.7. The molecule has 0 bridgehead atoms. The van der Waals surface area contributed by atoms with Crippen LogP contribution < -0.4 is 14.4 Å². The van der Waals surface area contributed by atoms with E-state index in [-0.39, 0.29) is 10.8 Å². The van der Waals surface area contributed by atoms with Crippen LogP contribution in [0.2, 0.25) is 0 Å². The zero-order chi connectivity index (χ0) is 22.6. The van der Waals surface area contributed by atoms with Crippen molar-refractivity contribution in [2.75, 3.05) is 22.8 Å². The molecule has 0 saturated heterocycles. The summed E-state index contributed by atoms with van der Waals surface area (Å²) in [5.74, 6) is 0.476. The van der Waals surface area contributed by atoms with E-state index in [0.717, 1.165) is 22.6 Å². The Morgan fingerprint density at radius 2 is 1.75 bits per heavy atom. The van der Waals surface area contributed by atoms with Crippen LogP contribution in [0.1, 0.15) is 18.1 Å². The van der Waals surface area contributed by atoms with Gasteiger partial charge in [-0.1, -0.05) is 30.3 Å². The molecule has 164 valence electrons. The van der Waals surface area contributed by atoms with Crippen molar-refractivity contribution in [2.24, 2.45) is 0 Å². The van der Waals surface area contributed by atoms with E-state index >= 15 is 0 Å². The van der Waals surface area contributed by atoms with Gasteiger partial charge in [-0.25, -0.2) is 8.42 Å². The summed E-state index contributed by atoms with van der Waals surface area (Å²) in [4.78, 5) is 12.4. The Hall–Kier alpha value is -3.58. The van der Waals surface area contributed by atoms with Gasteiger partial charge in [-0.15, -0.1) is 0 Å². The van der Waals surface area contributed by atoms with Gasteiger partial charge in [-0.05, 0) is 73.0 Å². The molecular formula is C25H24N2O4S. The summed E-state index contributed by atoms with van der Waals surface area (Å²) >= 11 is 0. The number of amides is 1. The van der Waals surface area contributed by atoms with Crippen LogP contribution in [-0.2, 0) is 21.2 Å². The lowest BCUT2D eigenvalue weighted by atomic mass is 10.2. The molecule has 0 aromatic heterocycles. The highest BCUT2D eigenvalue weighted by Crippen LogP contribution is 2.32. The molecule has 3 aromatic carbocycles. The predicted molar refractivity (Wildman–Crippen MR) is 126 cm³/mol. The van der Waals surface area contributed by atoms with Crippen LogP contribution in [0.4, 0.5) is 11.4 Å². The number of hydrogen-bond acceptors (Lipinski definition) is 4. The molecule has 0 fully saturated rings. The fourth-order valence-corrected chi connectivity index (χ4v) is 5.10. The van der Waals surface area contributed by atoms with Crippen LogP contribution in [0.3, 0.4) is 0 Å². The second-order valence-electron chi connectivity index (χ2n) is 7.30. The number of sulfonamides is 1. The minimum absolute atomic E-state index is 0.192. The molecule has 0 unspecified atom stereocenters. The number of nitrogens with one attached hydrogen (secondary N) is 1. The molecule has 0 aliphatic carbocycles. The van der Waals surface area contributed by atoms with Crippen molar-refractivity contribution in [3.05, 3.63) is 90.0 Å².